The number of ether oxygens (including phenoxy) is 3. The van der Waals surface area contributed by atoms with Gasteiger partial charge < -0.3 is 19.5 Å². The predicted molar refractivity (Wildman–Crippen MR) is 100 cm³/mol. The Morgan fingerprint density at radius 3 is 2.67 bits per heavy atom. The van der Waals surface area contributed by atoms with E-state index in [-0.39, 0.29) is 17.8 Å². The number of nitrogens with zero attached hydrogens (tertiary/aromatic N) is 2. The minimum absolute atomic E-state index is 0.0429. The summed E-state index contributed by atoms with van der Waals surface area (Å²) in [7, 11) is 1.26. The maximum atomic E-state index is 14.8. The lowest BCUT2D eigenvalue weighted by molar-refractivity contribution is -0.139. The van der Waals surface area contributed by atoms with Crippen molar-refractivity contribution in [2.75, 3.05) is 25.6 Å². The van der Waals surface area contributed by atoms with Crippen molar-refractivity contribution in [3.8, 4) is 0 Å². The molecular formula is C20H22F3N3O4. The third-order valence-corrected chi connectivity index (χ3v) is 4.68. The number of anilines is 1. The van der Waals surface area contributed by atoms with Gasteiger partial charge in [0.1, 0.15) is 18.0 Å². The summed E-state index contributed by atoms with van der Waals surface area (Å²) < 4.78 is 58.0. The van der Waals surface area contributed by atoms with Crippen LogP contribution in [0.3, 0.4) is 0 Å². The quantitative estimate of drug-likeness (QED) is 0.678. The summed E-state index contributed by atoms with van der Waals surface area (Å²) in [6.45, 7) is 2.94. The van der Waals surface area contributed by atoms with Gasteiger partial charge in [-0.1, -0.05) is 18.2 Å². The van der Waals surface area contributed by atoms with E-state index in [1.165, 1.54) is 25.6 Å². The Morgan fingerprint density at radius 1 is 1.33 bits per heavy atom. The van der Waals surface area contributed by atoms with Crippen LogP contribution in [0.2, 0.25) is 0 Å². The number of carbonyl (C=O) groups is 1. The minimum atomic E-state index is -3.32. The van der Waals surface area contributed by atoms with Crippen LogP contribution in [0.25, 0.3) is 0 Å². The monoisotopic (exact) mass is 425 g/mol. The fourth-order valence-electron chi connectivity index (χ4n) is 3.18. The maximum Gasteiger partial charge on any atom is 0.311 e. The van der Waals surface area contributed by atoms with Gasteiger partial charge in [-0.25, -0.2) is 23.1 Å². The molecule has 2 aromatic rings. The molecule has 1 aromatic carbocycles. The summed E-state index contributed by atoms with van der Waals surface area (Å²) in [6, 6.07) is 3.11. The highest BCUT2D eigenvalue weighted by Gasteiger charge is 2.31. The molecule has 1 fully saturated rings. The lowest BCUT2D eigenvalue weighted by Gasteiger charge is -2.22. The molecule has 1 aliphatic rings. The van der Waals surface area contributed by atoms with E-state index in [4.69, 9.17) is 14.2 Å². The molecule has 1 aromatic heterocycles. The first kappa shape index (κ1) is 22.0. The molecule has 2 heterocycles. The van der Waals surface area contributed by atoms with Crippen molar-refractivity contribution in [2.45, 2.75) is 38.5 Å². The number of esters is 1. The van der Waals surface area contributed by atoms with E-state index in [1.807, 2.05) is 0 Å². The van der Waals surface area contributed by atoms with Crippen LogP contribution in [0.1, 0.15) is 48.6 Å². The summed E-state index contributed by atoms with van der Waals surface area (Å²) in [5.74, 6) is -4.59. The Morgan fingerprint density at radius 2 is 2.03 bits per heavy atom. The van der Waals surface area contributed by atoms with E-state index < -0.39 is 35.6 Å². The van der Waals surface area contributed by atoms with E-state index in [2.05, 4.69) is 15.3 Å². The first-order valence-electron chi connectivity index (χ1n) is 9.29. The van der Waals surface area contributed by atoms with Crippen LogP contribution in [-0.2, 0) is 31.3 Å². The number of nitrogens with one attached hydrogen (secondary N) is 1. The Labute approximate surface area is 171 Å². The molecule has 0 aliphatic carbocycles. The predicted octanol–water partition coefficient (Wildman–Crippen LogP) is 3.66. The van der Waals surface area contributed by atoms with E-state index in [0.717, 1.165) is 6.07 Å². The molecule has 3 rings (SSSR count). The maximum absolute atomic E-state index is 14.8. The Kier molecular flexibility index (Phi) is 6.57. The zero-order chi connectivity index (χ0) is 21.9. The fourth-order valence-corrected chi connectivity index (χ4v) is 3.18. The second-order valence-electron chi connectivity index (χ2n) is 6.87. The van der Waals surface area contributed by atoms with Gasteiger partial charge in [-0.3, -0.25) is 4.79 Å². The van der Waals surface area contributed by atoms with Crippen LogP contribution < -0.4 is 5.32 Å². The molecule has 1 N–H and O–H groups in total. The summed E-state index contributed by atoms with van der Waals surface area (Å²) in [4.78, 5) is 20.1. The molecule has 0 bridgehead atoms. The van der Waals surface area contributed by atoms with Crippen LogP contribution in [-0.4, -0.2) is 36.3 Å². The standard InChI is InChI=1S/C20H22F3N3O4/c1-11(12-5-4-6-13(17(12)21)20(2,22)23)26-18-16(19-29-7-8-30-19)14(24-10-25-18)9-15(27)28-3/h4-6,10-11,19H,7-9H2,1-3H3,(H,24,25,26)/t11-/m1/s1. The summed E-state index contributed by atoms with van der Waals surface area (Å²) in [5.41, 5.74) is 0.0594. The lowest BCUT2D eigenvalue weighted by Crippen LogP contribution is -2.19. The molecule has 0 saturated carbocycles. The summed E-state index contributed by atoms with van der Waals surface area (Å²) in [5, 5.41) is 3.01. The normalized spacial score (nSPS) is 15.8. The number of benzene rings is 1. The number of halogens is 3. The average molecular weight is 425 g/mol. The van der Waals surface area contributed by atoms with Crippen LogP contribution in [0.4, 0.5) is 19.0 Å². The van der Waals surface area contributed by atoms with Crippen molar-refractivity contribution in [3.63, 3.8) is 0 Å². The number of hydrogen-bond donors (Lipinski definition) is 1. The van der Waals surface area contributed by atoms with Gasteiger partial charge in [0.05, 0.1) is 49.6 Å². The lowest BCUT2D eigenvalue weighted by atomic mass is 10.0. The molecule has 0 amide bonds. The van der Waals surface area contributed by atoms with Crippen molar-refractivity contribution in [1.82, 2.24) is 9.97 Å². The molecule has 0 spiro atoms. The molecule has 0 radical (unpaired) electrons. The molecule has 1 atom stereocenters. The zero-order valence-electron chi connectivity index (χ0n) is 16.7. The molecule has 30 heavy (non-hydrogen) atoms. The Balaban J connectivity index is 1.96. The molecule has 7 nitrogen and oxygen atoms in total. The van der Waals surface area contributed by atoms with E-state index in [1.54, 1.807) is 6.92 Å². The van der Waals surface area contributed by atoms with Crippen molar-refractivity contribution in [2.24, 2.45) is 0 Å². The summed E-state index contributed by atoms with van der Waals surface area (Å²) >= 11 is 0. The van der Waals surface area contributed by atoms with Gasteiger partial charge in [0.2, 0.25) is 0 Å². The topological polar surface area (TPSA) is 82.6 Å². The number of carbonyl (C=O) groups excluding carboxylic acids is 1. The van der Waals surface area contributed by atoms with Gasteiger partial charge in [0, 0.05) is 12.5 Å². The van der Waals surface area contributed by atoms with Crippen molar-refractivity contribution >= 4 is 11.8 Å². The van der Waals surface area contributed by atoms with E-state index in [9.17, 15) is 18.0 Å². The van der Waals surface area contributed by atoms with Crippen LogP contribution in [0.15, 0.2) is 24.5 Å². The largest absolute Gasteiger partial charge is 0.469 e. The minimum Gasteiger partial charge on any atom is -0.469 e. The third kappa shape index (κ3) is 4.71. The second-order valence-corrected chi connectivity index (χ2v) is 6.87. The highest BCUT2D eigenvalue weighted by atomic mass is 19.3. The van der Waals surface area contributed by atoms with E-state index in [0.29, 0.717) is 31.4 Å². The molecule has 1 saturated heterocycles. The second kappa shape index (κ2) is 8.97. The fraction of sp³-hybridized carbons (Fsp3) is 0.450. The third-order valence-electron chi connectivity index (χ3n) is 4.68. The zero-order valence-corrected chi connectivity index (χ0v) is 16.7. The number of hydrogen-bond acceptors (Lipinski definition) is 7. The molecule has 162 valence electrons. The summed E-state index contributed by atoms with van der Waals surface area (Å²) in [6.07, 6.45) is 0.266. The SMILES string of the molecule is COC(=O)Cc1ncnc(N[C@H](C)c2cccc(C(C)(F)F)c2F)c1C1OCCO1. The average Bonchev–Trinajstić information content (AvgIpc) is 3.21. The van der Waals surface area contributed by atoms with Crippen LogP contribution in [0, 0.1) is 5.82 Å². The highest BCUT2D eigenvalue weighted by molar-refractivity contribution is 5.73. The number of aromatic nitrogens is 2. The van der Waals surface area contributed by atoms with Gasteiger partial charge >= 0.3 is 5.97 Å². The molecule has 1 aliphatic heterocycles. The highest BCUT2D eigenvalue weighted by Crippen LogP contribution is 2.35. The first-order chi connectivity index (χ1) is 14.2. The number of alkyl halides is 2. The number of methoxy groups -OCH3 is 1. The van der Waals surface area contributed by atoms with Gasteiger partial charge in [-0.2, -0.15) is 0 Å². The van der Waals surface area contributed by atoms with Gasteiger partial charge in [-0.15, -0.1) is 0 Å². The van der Waals surface area contributed by atoms with Gasteiger partial charge in [0.25, 0.3) is 5.92 Å². The van der Waals surface area contributed by atoms with Crippen molar-refractivity contribution in [3.05, 3.63) is 52.7 Å². The van der Waals surface area contributed by atoms with Crippen molar-refractivity contribution < 1.29 is 32.2 Å². The number of rotatable bonds is 7. The molecular weight excluding hydrogens is 403 g/mol. The van der Waals surface area contributed by atoms with E-state index >= 15 is 0 Å². The smallest absolute Gasteiger partial charge is 0.311 e. The first-order valence-corrected chi connectivity index (χ1v) is 9.29. The Bertz CT molecular complexity index is 915. The van der Waals surface area contributed by atoms with Gasteiger partial charge in [0.15, 0.2) is 6.29 Å². The van der Waals surface area contributed by atoms with Crippen molar-refractivity contribution in [1.29, 1.82) is 0 Å². The Hall–Kier alpha value is -2.72. The van der Waals surface area contributed by atoms with Crippen LogP contribution >= 0.6 is 0 Å². The van der Waals surface area contributed by atoms with Gasteiger partial charge in [-0.05, 0) is 6.92 Å². The van der Waals surface area contributed by atoms with Crippen LogP contribution in [0.5, 0.6) is 0 Å². The molecule has 0 unspecified atom stereocenters. The molecule has 10 heteroatoms.